The maximum absolute atomic E-state index is 12.2. The van der Waals surface area contributed by atoms with Crippen molar-refractivity contribution in [2.45, 2.75) is 59.3 Å². The lowest BCUT2D eigenvalue weighted by atomic mass is 10.0. The van der Waals surface area contributed by atoms with Crippen LogP contribution in [-0.4, -0.2) is 24.3 Å². The Hall–Kier alpha value is -2.69. The number of carbonyl (C=O) groups is 1. The molecule has 0 aliphatic rings. The lowest BCUT2D eigenvalue weighted by Gasteiger charge is -2.10. The molecule has 2 aromatic rings. The number of aryl methyl sites for hydroxylation is 1. The van der Waals surface area contributed by atoms with Crippen LogP contribution < -0.4 is 5.32 Å². The van der Waals surface area contributed by atoms with Crippen molar-refractivity contribution in [3.8, 4) is 0 Å². The molecule has 156 valence electrons. The van der Waals surface area contributed by atoms with E-state index in [0.29, 0.717) is 18.2 Å². The smallest absolute Gasteiger partial charge is 0.273 e. The molecule has 0 aliphatic heterocycles. The molecule has 0 aliphatic carbocycles. The van der Waals surface area contributed by atoms with Gasteiger partial charge in [0, 0.05) is 24.6 Å². The molecule has 1 atom stereocenters. The van der Waals surface area contributed by atoms with Gasteiger partial charge in [-0.15, -0.1) is 0 Å². The quantitative estimate of drug-likeness (QED) is 0.449. The van der Waals surface area contributed by atoms with E-state index in [1.807, 2.05) is 24.3 Å². The Kier molecular flexibility index (Phi) is 9.35. The molecule has 5 heteroatoms. The van der Waals surface area contributed by atoms with E-state index in [9.17, 15) is 4.79 Å². The molecule has 0 bridgehead atoms. The number of benzene rings is 1. The normalized spacial score (nSPS) is 12.6. The van der Waals surface area contributed by atoms with Gasteiger partial charge in [0.25, 0.3) is 5.91 Å². The van der Waals surface area contributed by atoms with Gasteiger partial charge in [-0.05, 0) is 44.9 Å². The zero-order valence-electron chi connectivity index (χ0n) is 17.9. The first kappa shape index (κ1) is 22.6. The Morgan fingerprint density at radius 2 is 2.14 bits per heavy atom. The van der Waals surface area contributed by atoms with Gasteiger partial charge in [-0.3, -0.25) is 9.79 Å². The highest BCUT2D eigenvalue weighted by atomic mass is 16.5. The number of nitrogens with zero attached hydrogens (tertiary/aromatic N) is 2. The standard InChI is InChI=1S/C24H33N3O2/c1-5-6-10-19(3)17-26-24(28)23-16-21(29-27-23)13-9-11-18(2)15-20-12-7-8-14-22(20)25-4/h7-8,12,14-16,19H,4-6,9-11,13,17H2,1-3H3,(H,26,28)/b18-15+. The predicted molar refractivity (Wildman–Crippen MR) is 120 cm³/mol. The van der Waals surface area contributed by atoms with Crippen molar-refractivity contribution in [2.24, 2.45) is 10.9 Å². The summed E-state index contributed by atoms with van der Waals surface area (Å²) in [6.07, 6.45) is 8.24. The zero-order chi connectivity index (χ0) is 21.1. The maximum Gasteiger partial charge on any atom is 0.273 e. The predicted octanol–water partition coefficient (Wildman–Crippen LogP) is 5.99. The van der Waals surface area contributed by atoms with Gasteiger partial charge in [-0.25, -0.2) is 0 Å². The van der Waals surface area contributed by atoms with Crippen molar-refractivity contribution in [1.29, 1.82) is 0 Å². The molecule has 2 rings (SSSR count). The van der Waals surface area contributed by atoms with E-state index < -0.39 is 0 Å². The van der Waals surface area contributed by atoms with Gasteiger partial charge in [0.15, 0.2) is 5.69 Å². The summed E-state index contributed by atoms with van der Waals surface area (Å²) in [4.78, 5) is 16.3. The lowest BCUT2D eigenvalue weighted by molar-refractivity contribution is 0.0938. The van der Waals surface area contributed by atoms with Crippen molar-refractivity contribution >= 4 is 24.4 Å². The van der Waals surface area contributed by atoms with E-state index in [-0.39, 0.29) is 5.91 Å². The van der Waals surface area contributed by atoms with Crippen LogP contribution in [-0.2, 0) is 6.42 Å². The fourth-order valence-corrected chi connectivity index (χ4v) is 3.18. The second kappa shape index (κ2) is 12.0. The molecule has 0 fully saturated rings. The Labute approximate surface area is 174 Å². The van der Waals surface area contributed by atoms with Crippen molar-refractivity contribution in [2.75, 3.05) is 6.54 Å². The first-order chi connectivity index (χ1) is 14.0. The van der Waals surface area contributed by atoms with E-state index in [4.69, 9.17) is 4.52 Å². The molecular formula is C24H33N3O2. The molecule has 1 N–H and O–H groups in total. The van der Waals surface area contributed by atoms with Gasteiger partial charge in [0.05, 0.1) is 5.69 Å². The van der Waals surface area contributed by atoms with Crippen LogP contribution in [0.2, 0.25) is 0 Å². The van der Waals surface area contributed by atoms with Gasteiger partial charge in [0.2, 0.25) is 0 Å². The average molecular weight is 396 g/mol. The topological polar surface area (TPSA) is 67.5 Å². The highest BCUT2D eigenvalue weighted by Crippen LogP contribution is 2.22. The van der Waals surface area contributed by atoms with Crippen molar-refractivity contribution < 1.29 is 9.32 Å². The number of aliphatic imine (C=N–C) groups is 1. The van der Waals surface area contributed by atoms with Crippen LogP contribution >= 0.6 is 0 Å². The molecule has 1 aromatic carbocycles. The highest BCUT2D eigenvalue weighted by molar-refractivity contribution is 5.92. The molecular weight excluding hydrogens is 362 g/mol. The molecule has 0 spiro atoms. The number of hydrogen-bond acceptors (Lipinski definition) is 4. The first-order valence-electron chi connectivity index (χ1n) is 10.5. The van der Waals surface area contributed by atoms with Crippen LogP contribution in [0.5, 0.6) is 0 Å². The fraction of sp³-hybridized carbons (Fsp3) is 0.458. The molecule has 1 heterocycles. The van der Waals surface area contributed by atoms with Gasteiger partial charge in [-0.1, -0.05) is 61.7 Å². The largest absolute Gasteiger partial charge is 0.361 e. The molecule has 1 unspecified atom stereocenters. The summed E-state index contributed by atoms with van der Waals surface area (Å²) >= 11 is 0. The van der Waals surface area contributed by atoms with E-state index in [0.717, 1.165) is 42.7 Å². The maximum atomic E-state index is 12.2. The summed E-state index contributed by atoms with van der Waals surface area (Å²) in [6, 6.07) is 9.71. The third kappa shape index (κ3) is 7.68. The minimum atomic E-state index is -0.159. The Morgan fingerprint density at radius 1 is 1.34 bits per heavy atom. The van der Waals surface area contributed by atoms with E-state index in [1.165, 1.54) is 18.4 Å². The van der Waals surface area contributed by atoms with Gasteiger partial charge in [0.1, 0.15) is 5.76 Å². The lowest BCUT2D eigenvalue weighted by Crippen LogP contribution is -2.28. The van der Waals surface area contributed by atoms with Crippen molar-refractivity contribution in [3.05, 3.63) is 52.9 Å². The third-order valence-electron chi connectivity index (χ3n) is 4.96. The highest BCUT2D eigenvalue weighted by Gasteiger charge is 2.13. The number of unbranched alkanes of at least 4 members (excludes halogenated alkanes) is 1. The molecule has 0 radical (unpaired) electrons. The number of amides is 1. The summed E-state index contributed by atoms with van der Waals surface area (Å²) in [7, 11) is 0. The summed E-state index contributed by atoms with van der Waals surface area (Å²) in [6.45, 7) is 10.7. The van der Waals surface area contributed by atoms with E-state index >= 15 is 0 Å². The number of rotatable bonds is 12. The van der Waals surface area contributed by atoms with Crippen LogP contribution in [0.25, 0.3) is 6.08 Å². The van der Waals surface area contributed by atoms with Crippen LogP contribution in [0.3, 0.4) is 0 Å². The van der Waals surface area contributed by atoms with Gasteiger partial charge >= 0.3 is 0 Å². The molecule has 29 heavy (non-hydrogen) atoms. The monoisotopic (exact) mass is 395 g/mol. The number of allylic oxidation sites excluding steroid dienone is 1. The van der Waals surface area contributed by atoms with Crippen LogP contribution in [0, 0.1) is 5.92 Å². The molecule has 0 saturated heterocycles. The minimum Gasteiger partial charge on any atom is -0.361 e. The number of hydrogen-bond donors (Lipinski definition) is 1. The number of para-hydroxylation sites is 1. The SMILES string of the molecule is C=Nc1ccccc1/C=C(\C)CCCc1cc(C(=O)NCC(C)CCCC)no1. The number of carbonyl (C=O) groups excluding carboxylic acids is 1. The number of nitrogens with one attached hydrogen (secondary N) is 1. The minimum absolute atomic E-state index is 0.159. The second-order valence-electron chi connectivity index (χ2n) is 7.70. The Morgan fingerprint density at radius 3 is 2.90 bits per heavy atom. The molecule has 1 aromatic heterocycles. The van der Waals surface area contributed by atoms with Crippen molar-refractivity contribution in [1.82, 2.24) is 10.5 Å². The van der Waals surface area contributed by atoms with Gasteiger partial charge in [-0.2, -0.15) is 0 Å². The Balaban J connectivity index is 1.79. The Bertz CT molecular complexity index is 823. The second-order valence-corrected chi connectivity index (χ2v) is 7.70. The van der Waals surface area contributed by atoms with E-state index in [1.54, 1.807) is 6.07 Å². The van der Waals surface area contributed by atoms with Crippen LogP contribution in [0.1, 0.15) is 74.7 Å². The molecule has 5 nitrogen and oxygen atoms in total. The summed E-state index contributed by atoms with van der Waals surface area (Å²) in [5.74, 6) is 1.06. The summed E-state index contributed by atoms with van der Waals surface area (Å²) in [5.41, 5.74) is 3.59. The van der Waals surface area contributed by atoms with Gasteiger partial charge < -0.3 is 9.84 Å². The van der Waals surface area contributed by atoms with Crippen LogP contribution in [0.15, 0.2) is 45.4 Å². The first-order valence-corrected chi connectivity index (χ1v) is 10.5. The summed E-state index contributed by atoms with van der Waals surface area (Å²) in [5, 5.41) is 6.87. The van der Waals surface area contributed by atoms with Crippen LogP contribution in [0.4, 0.5) is 5.69 Å². The zero-order valence-corrected chi connectivity index (χ0v) is 17.9. The van der Waals surface area contributed by atoms with Crippen molar-refractivity contribution in [3.63, 3.8) is 0 Å². The number of aromatic nitrogens is 1. The third-order valence-corrected chi connectivity index (χ3v) is 4.96. The average Bonchev–Trinajstić information content (AvgIpc) is 3.19. The van der Waals surface area contributed by atoms with E-state index in [2.05, 4.69) is 49.0 Å². The summed E-state index contributed by atoms with van der Waals surface area (Å²) < 4.78 is 5.34. The molecule has 1 amide bonds. The fourth-order valence-electron chi connectivity index (χ4n) is 3.18. The molecule has 0 saturated carbocycles.